The van der Waals surface area contributed by atoms with E-state index in [-0.39, 0.29) is 11.1 Å². The lowest BCUT2D eigenvalue weighted by molar-refractivity contribution is -0.137. The quantitative estimate of drug-likeness (QED) is 0.205. The van der Waals surface area contributed by atoms with Gasteiger partial charge >= 0.3 is 12.1 Å². The van der Waals surface area contributed by atoms with Crippen molar-refractivity contribution in [2.45, 2.75) is 25.7 Å². The lowest BCUT2D eigenvalue weighted by Gasteiger charge is -2.17. The molecule has 9 heteroatoms. The number of hydrogen-bond acceptors (Lipinski definition) is 2. The molecule has 1 atom stereocenters. The van der Waals surface area contributed by atoms with Crippen molar-refractivity contribution in [2.75, 3.05) is 0 Å². The third-order valence-corrected chi connectivity index (χ3v) is 7.11. The summed E-state index contributed by atoms with van der Waals surface area (Å²) in [6.07, 6.45) is -2.68. The minimum absolute atomic E-state index is 0.126. The molecule has 0 aliphatic rings. The molecule has 2 N–H and O–H groups in total. The average molecular weight is 577 g/mol. The van der Waals surface area contributed by atoms with Crippen LogP contribution >= 0.6 is 11.6 Å². The molecule has 0 unspecified atom stereocenters. The van der Waals surface area contributed by atoms with Crippen LogP contribution in [0.2, 0.25) is 5.02 Å². The summed E-state index contributed by atoms with van der Waals surface area (Å²) in [5.74, 6) is -1.48. The van der Waals surface area contributed by atoms with Gasteiger partial charge in [-0.15, -0.1) is 0 Å². The minimum Gasteiger partial charge on any atom is -0.478 e. The smallest absolute Gasteiger partial charge is 0.416 e. The molecule has 0 bridgehead atoms. The first-order valence-electron chi connectivity index (χ1n) is 12.7. The van der Waals surface area contributed by atoms with Gasteiger partial charge in [0, 0.05) is 23.2 Å². The van der Waals surface area contributed by atoms with Gasteiger partial charge in [-0.25, -0.2) is 4.79 Å². The first-order chi connectivity index (χ1) is 19.5. The molecule has 1 amide bonds. The van der Waals surface area contributed by atoms with Gasteiger partial charge in [-0.05, 0) is 83.8 Å². The molecule has 0 aliphatic carbocycles. The topological polar surface area (TPSA) is 71.3 Å². The number of hydrogen-bond donors (Lipinski definition) is 2. The van der Waals surface area contributed by atoms with E-state index in [4.69, 9.17) is 11.6 Å². The molecule has 5 aromatic rings. The number of carbonyl (C=O) groups excluding carboxylic acids is 1. The Morgan fingerprint density at radius 1 is 0.927 bits per heavy atom. The first kappa shape index (κ1) is 28.0. The van der Waals surface area contributed by atoms with Crippen molar-refractivity contribution in [1.82, 2.24) is 9.88 Å². The van der Waals surface area contributed by atoms with E-state index in [1.54, 1.807) is 43.3 Å². The van der Waals surface area contributed by atoms with E-state index in [1.165, 1.54) is 18.2 Å². The Hall–Kier alpha value is -4.56. The number of aromatic carboxylic acids is 1. The normalized spacial score (nSPS) is 12.3. The molecule has 1 heterocycles. The van der Waals surface area contributed by atoms with Crippen LogP contribution in [0.15, 0.2) is 97.2 Å². The molecular formula is C32H24ClF3N2O3. The highest BCUT2D eigenvalue weighted by molar-refractivity contribution is 6.30. The highest BCUT2D eigenvalue weighted by atomic mass is 35.5. The molecule has 4 aromatic carbocycles. The maximum Gasteiger partial charge on any atom is 0.416 e. The number of carboxylic acid groups (broad SMARTS) is 1. The Kier molecular flexibility index (Phi) is 7.60. The third-order valence-electron chi connectivity index (χ3n) is 6.88. The second kappa shape index (κ2) is 11.1. The molecule has 0 radical (unpaired) electrons. The van der Waals surface area contributed by atoms with E-state index in [1.807, 2.05) is 35.0 Å². The van der Waals surface area contributed by atoms with Crippen LogP contribution in [0.3, 0.4) is 0 Å². The summed E-state index contributed by atoms with van der Waals surface area (Å²) >= 11 is 6.17. The van der Waals surface area contributed by atoms with Crippen molar-refractivity contribution in [2.24, 2.45) is 0 Å². The van der Waals surface area contributed by atoms with Crippen molar-refractivity contribution in [3.8, 4) is 11.1 Å². The van der Waals surface area contributed by atoms with Crippen LogP contribution in [-0.4, -0.2) is 21.6 Å². The summed E-state index contributed by atoms with van der Waals surface area (Å²) in [5.41, 5.74) is 2.66. The van der Waals surface area contributed by atoms with Gasteiger partial charge in [-0.2, -0.15) is 13.2 Å². The highest BCUT2D eigenvalue weighted by Gasteiger charge is 2.30. The number of carboxylic acids is 1. The number of aromatic nitrogens is 1. The Balaban J connectivity index is 1.57. The maximum absolute atomic E-state index is 13.8. The summed E-state index contributed by atoms with van der Waals surface area (Å²) in [5, 5.41) is 13.4. The summed E-state index contributed by atoms with van der Waals surface area (Å²) in [6.45, 7) is 2.19. The molecule has 41 heavy (non-hydrogen) atoms. The number of alkyl halides is 3. The van der Waals surface area contributed by atoms with Gasteiger partial charge in [-0.3, -0.25) is 4.79 Å². The van der Waals surface area contributed by atoms with E-state index in [0.717, 1.165) is 17.7 Å². The van der Waals surface area contributed by atoms with E-state index in [9.17, 15) is 27.9 Å². The van der Waals surface area contributed by atoms with Crippen LogP contribution in [0, 0.1) is 0 Å². The zero-order valence-corrected chi connectivity index (χ0v) is 22.5. The fraction of sp³-hybridized carbons (Fsp3) is 0.125. The predicted octanol–water partition coefficient (Wildman–Crippen LogP) is 8.22. The van der Waals surface area contributed by atoms with Crippen LogP contribution in [0.4, 0.5) is 13.2 Å². The number of carbonyl (C=O) groups is 2. The molecule has 0 aliphatic heterocycles. The fourth-order valence-corrected chi connectivity index (χ4v) is 5.01. The van der Waals surface area contributed by atoms with Crippen molar-refractivity contribution in [1.29, 1.82) is 0 Å². The van der Waals surface area contributed by atoms with Gasteiger partial charge < -0.3 is 15.0 Å². The van der Waals surface area contributed by atoms with E-state index in [2.05, 4.69) is 5.32 Å². The average Bonchev–Trinajstić information content (AvgIpc) is 3.34. The third kappa shape index (κ3) is 6.12. The van der Waals surface area contributed by atoms with Gasteiger partial charge in [0.25, 0.3) is 5.91 Å². The molecular weight excluding hydrogens is 553 g/mol. The molecule has 5 nitrogen and oxygen atoms in total. The summed E-state index contributed by atoms with van der Waals surface area (Å²) in [6, 6.07) is 23.2. The van der Waals surface area contributed by atoms with Crippen LogP contribution in [0.1, 0.15) is 50.4 Å². The molecule has 1 aromatic heterocycles. The first-order valence-corrected chi connectivity index (χ1v) is 13.1. The maximum atomic E-state index is 13.8. The van der Waals surface area contributed by atoms with Crippen LogP contribution < -0.4 is 5.32 Å². The lowest BCUT2D eigenvalue weighted by atomic mass is 9.98. The number of rotatable bonds is 7. The van der Waals surface area contributed by atoms with Crippen LogP contribution in [0.5, 0.6) is 0 Å². The van der Waals surface area contributed by atoms with E-state index < -0.39 is 29.7 Å². The number of halogens is 4. The Bertz CT molecular complexity index is 1760. The molecule has 0 saturated carbocycles. The number of nitrogens with zero attached hydrogens (tertiary/aromatic N) is 1. The van der Waals surface area contributed by atoms with Gasteiger partial charge in [-0.1, -0.05) is 48.0 Å². The predicted molar refractivity (Wildman–Crippen MR) is 152 cm³/mol. The molecule has 0 saturated heterocycles. The van der Waals surface area contributed by atoms with Crippen molar-refractivity contribution in [3.05, 3.63) is 130 Å². The Labute approximate surface area is 238 Å². The number of benzene rings is 4. The zero-order chi connectivity index (χ0) is 29.3. The second-order valence-electron chi connectivity index (χ2n) is 9.74. The van der Waals surface area contributed by atoms with Gasteiger partial charge in [0.2, 0.25) is 0 Å². The lowest BCUT2D eigenvalue weighted by Crippen LogP contribution is -2.27. The van der Waals surface area contributed by atoms with Gasteiger partial charge in [0.05, 0.1) is 28.2 Å². The Morgan fingerprint density at radius 3 is 2.34 bits per heavy atom. The van der Waals surface area contributed by atoms with E-state index in [0.29, 0.717) is 39.2 Å². The Morgan fingerprint density at radius 2 is 1.66 bits per heavy atom. The van der Waals surface area contributed by atoms with Crippen molar-refractivity contribution in [3.63, 3.8) is 0 Å². The largest absolute Gasteiger partial charge is 0.478 e. The van der Waals surface area contributed by atoms with Crippen molar-refractivity contribution >= 4 is 34.4 Å². The van der Waals surface area contributed by atoms with Crippen LogP contribution in [0.25, 0.3) is 22.0 Å². The molecule has 0 spiro atoms. The zero-order valence-electron chi connectivity index (χ0n) is 21.7. The van der Waals surface area contributed by atoms with Gasteiger partial charge in [0.15, 0.2) is 0 Å². The fourth-order valence-electron chi connectivity index (χ4n) is 4.80. The molecule has 208 valence electrons. The van der Waals surface area contributed by atoms with E-state index >= 15 is 0 Å². The van der Waals surface area contributed by atoms with Crippen molar-refractivity contribution < 1.29 is 27.9 Å². The SMILES string of the molecule is C[C@H](NC(=O)c1cc(-c2cccc(C(F)(F)F)c2)cc2ccn(Cc3cccc(Cl)c3)c12)c1ccc(C(=O)O)cc1. The minimum atomic E-state index is -4.51. The number of nitrogens with one attached hydrogen (secondary N) is 1. The number of fused-ring (bicyclic) bond motifs is 1. The molecule has 0 fully saturated rings. The second-order valence-corrected chi connectivity index (χ2v) is 10.2. The van der Waals surface area contributed by atoms with Crippen LogP contribution in [-0.2, 0) is 12.7 Å². The monoisotopic (exact) mass is 576 g/mol. The highest BCUT2D eigenvalue weighted by Crippen LogP contribution is 2.34. The number of amides is 1. The molecule has 5 rings (SSSR count). The van der Waals surface area contributed by atoms with Gasteiger partial charge in [0.1, 0.15) is 0 Å². The standard InChI is InChI=1S/C32H24ClF3N2O3/c1-19(21-8-10-22(11-9-21)31(40)41)37-30(39)28-17-25(23-5-3-6-26(16-23)32(34,35)36)15-24-12-13-38(29(24)28)18-20-4-2-7-27(33)14-20/h2-17,19H,18H2,1H3,(H,37,39)(H,40,41)/t19-/m0/s1. The summed E-state index contributed by atoms with van der Waals surface area (Å²) < 4.78 is 42.2. The summed E-state index contributed by atoms with van der Waals surface area (Å²) in [7, 11) is 0. The summed E-state index contributed by atoms with van der Waals surface area (Å²) in [4.78, 5) is 25.0.